The second-order valence-electron chi connectivity index (χ2n) is 8.39. The molecule has 13 N–H and O–H groups in total. The zero-order valence-corrected chi connectivity index (χ0v) is 20.8. The maximum atomic E-state index is 13.1. The highest BCUT2D eigenvalue weighted by Gasteiger charge is 2.31. The number of rotatable bonds is 18. The van der Waals surface area contributed by atoms with Gasteiger partial charge in [0.2, 0.25) is 17.7 Å². The monoisotopic (exact) mass is 555 g/mol. The molecule has 1 rings (SSSR count). The van der Waals surface area contributed by atoms with Gasteiger partial charge >= 0.3 is 17.9 Å². The van der Waals surface area contributed by atoms with Crippen molar-refractivity contribution in [1.82, 2.24) is 25.9 Å². The Balaban J connectivity index is 3.04. The fourth-order valence-electron chi connectivity index (χ4n) is 3.21. The lowest BCUT2D eigenvalue weighted by Gasteiger charge is -2.24. The summed E-state index contributed by atoms with van der Waals surface area (Å²) >= 11 is 0. The number of aliphatic imine (C=N–C) groups is 1. The smallest absolute Gasteiger partial charge is 0.326 e. The van der Waals surface area contributed by atoms with Crippen LogP contribution < -0.4 is 33.2 Å². The SMILES string of the molecule is NC(N)=NCCCC(N)C(=O)NC(Cc1cnc[nH]1)C(=O)NC(CCC(=O)O)C(=O)NC(CC(=O)O)C(=O)O. The Labute approximate surface area is 221 Å². The van der Waals surface area contributed by atoms with E-state index in [1.807, 2.05) is 5.32 Å². The minimum absolute atomic E-state index is 0.122. The first-order valence-corrected chi connectivity index (χ1v) is 11.7. The first kappa shape index (κ1) is 32.3. The molecule has 0 fully saturated rings. The van der Waals surface area contributed by atoms with Gasteiger partial charge in [0.1, 0.15) is 18.1 Å². The Morgan fingerprint density at radius 2 is 1.51 bits per heavy atom. The molecule has 0 saturated carbocycles. The van der Waals surface area contributed by atoms with Crippen molar-refractivity contribution in [2.24, 2.45) is 22.2 Å². The molecule has 3 amide bonds. The molecule has 0 aliphatic carbocycles. The summed E-state index contributed by atoms with van der Waals surface area (Å²) in [5.74, 6) is -7.33. The number of hydrogen-bond donors (Lipinski definition) is 10. The molecular formula is C21H33N9O9. The number of aromatic nitrogens is 2. The molecule has 4 atom stereocenters. The largest absolute Gasteiger partial charge is 0.481 e. The molecule has 4 unspecified atom stereocenters. The summed E-state index contributed by atoms with van der Waals surface area (Å²) < 4.78 is 0. The van der Waals surface area contributed by atoms with E-state index in [0.717, 1.165) is 0 Å². The number of guanidine groups is 1. The molecule has 0 bridgehead atoms. The van der Waals surface area contributed by atoms with Gasteiger partial charge in [0.05, 0.1) is 18.8 Å². The second kappa shape index (κ2) is 16.2. The van der Waals surface area contributed by atoms with Crippen LogP contribution in [-0.2, 0) is 35.2 Å². The lowest BCUT2D eigenvalue weighted by Crippen LogP contribution is -2.57. The van der Waals surface area contributed by atoms with Gasteiger partial charge in [-0.1, -0.05) is 0 Å². The number of aromatic amines is 1. The third kappa shape index (κ3) is 12.9. The van der Waals surface area contributed by atoms with E-state index in [0.29, 0.717) is 12.1 Å². The number of H-pyrrole nitrogens is 1. The van der Waals surface area contributed by atoms with E-state index < -0.39 is 79.1 Å². The van der Waals surface area contributed by atoms with Crippen LogP contribution in [0.1, 0.15) is 37.8 Å². The number of imidazole rings is 1. The lowest BCUT2D eigenvalue weighted by atomic mass is 10.1. The third-order valence-electron chi connectivity index (χ3n) is 5.19. The number of carbonyl (C=O) groups is 6. The van der Waals surface area contributed by atoms with Crippen LogP contribution in [0.25, 0.3) is 0 Å². The van der Waals surface area contributed by atoms with Gasteiger partial charge in [-0.25, -0.2) is 9.78 Å². The molecule has 216 valence electrons. The van der Waals surface area contributed by atoms with E-state index in [-0.39, 0.29) is 25.3 Å². The summed E-state index contributed by atoms with van der Waals surface area (Å²) in [6.45, 7) is 0.223. The Morgan fingerprint density at radius 1 is 0.897 bits per heavy atom. The molecule has 0 spiro atoms. The fourth-order valence-corrected chi connectivity index (χ4v) is 3.21. The first-order chi connectivity index (χ1) is 18.3. The highest BCUT2D eigenvalue weighted by atomic mass is 16.4. The van der Waals surface area contributed by atoms with Gasteiger partial charge in [0, 0.05) is 31.3 Å². The highest BCUT2D eigenvalue weighted by molar-refractivity contribution is 5.95. The number of aliphatic carboxylic acids is 3. The Morgan fingerprint density at radius 3 is 2.05 bits per heavy atom. The number of carbonyl (C=O) groups excluding carboxylic acids is 3. The number of hydrogen-bond acceptors (Lipinski definition) is 9. The molecule has 1 aromatic heterocycles. The van der Waals surface area contributed by atoms with E-state index in [1.54, 1.807) is 0 Å². The Kier molecular flexibility index (Phi) is 13.4. The summed E-state index contributed by atoms with van der Waals surface area (Å²) in [4.78, 5) is 82.2. The van der Waals surface area contributed by atoms with Crippen LogP contribution in [0.3, 0.4) is 0 Å². The van der Waals surface area contributed by atoms with E-state index in [2.05, 4.69) is 25.6 Å². The average molecular weight is 556 g/mol. The van der Waals surface area contributed by atoms with Crippen LogP contribution >= 0.6 is 0 Å². The standard InChI is InChI=1S/C21H33N9O9/c22-11(2-1-5-26-21(23)24)17(35)29-13(6-10-8-25-9-27-10)19(37)28-12(3-4-15(31)32)18(36)30-14(20(38)39)7-16(33)34/h8-9,11-14H,1-7,22H2,(H,25,27)(H,28,37)(H,29,35)(H,30,36)(H,31,32)(H,33,34)(H,38,39)(H4,23,24,26). The van der Waals surface area contributed by atoms with Crippen molar-refractivity contribution in [3.05, 3.63) is 18.2 Å². The predicted molar refractivity (Wildman–Crippen MR) is 133 cm³/mol. The molecule has 0 aliphatic heterocycles. The van der Waals surface area contributed by atoms with Gasteiger partial charge in [-0.05, 0) is 19.3 Å². The topological polar surface area (TPSA) is 318 Å². The molecular weight excluding hydrogens is 522 g/mol. The number of nitrogens with two attached hydrogens (primary N) is 3. The van der Waals surface area contributed by atoms with Crippen molar-refractivity contribution in [3.8, 4) is 0 Å². The van der Waals surface area contributed by atoms with Crippen LogP contribution in [0.2, 0.25) is 0 Å². The van der Waals surface area contributed by atoms with E-state index in [1.165, 1.54) is 12.5 Å². The highest BCUT2D eigenvalue weighted by Crippen LogP contribution is 2.06. The normalized spacial score (nSPS) is 13.7. The van der Waals surface area contributed by atoms with Crippen molar-refractivity contribution in [3.63, 3.8) is 0 Å². The minimum Gasteiger partial charge on any atom is -0.481 e. The lowest BCUT2D eigenvalue weighted by molar-refractivity contribution is -0.147. The zero-order chi connectivity index (χ0) is 29.5. The van der Waals surface area contributed by atoms with Crippen molar-refractivity contribution in [1.29, 1.82) is 0 Å². The van der Waals surface area contributed by atoms with Crippen LogP contribution in [0.4, 0.5) is 0 Å². The maximum Gasteiger partial charge on any atom is 0.326 e. The van der Waals surface area contributed by atoms with Gasteiger partial charge in [0.25, 0.3) is 0 Å². The predicted octanol–water partition coefficient (Wildman–Crippen LogP) is -3.79. The molecule has 18 nitrogen and oxygen atoms in total. The summed E-state index contributed by atoms with van der Waals surface area (Å²) in [6, 6.07) is -5.76. The molecule has 0 aliphatic rings. The number of carboxylic acids is 3. The molecule has 1 heterocycles. The first-order valence-electron chi connectivity index (χ1n) is 11.7. The van der Waals surface area contributed by atoms with Crippen molar-refractivity contribution in [2.75, 3.05) is 6.54 Å². The number of nitrogens with zero attached hydrogens (tertiary/aromatic N) is 2. The molecule has 0 radical (unpaired) electrons. The molecule has 0 aromatic carbocycles. The molecule has 18 heteroatoms. The average Bonchev–Trinajstić information content (AvgIpc) is 3.35. The quantitative estimate of drug-likeness (QED) is 0.0472. The Hall–Kier alpha value is -4.74. The maximum absolute atomic E-state index is 13.1. The summed E-state index contributed by atoms with van der Waals surface area (Å²) in [5, 5.41) is 33.9. The van der Waals surface area contributed by atoms with E-state index in [4.69, 9.17) is 27.4 Å². The van der Waals surface area contributed by atoms with Crippen LogP contribution in [0.15, 0.2) is 17.5 Å². The summed E-state index contributed by atoms with van der Waals surface area (Å²) in [7, 11) is 0. The van der Waals surface area contributed by atoms with Crippen LogP contribution in [0, 0.1) is 0 Å². The molecule has 1 aromatic rings. The van der Waals surface area contributed by atoms with Crippen molar-refractivity contribution >= 4 is 41.6 Å². The van der Waals surface area contributed by atoms with Gasteiger partial charge in [0.15, 0.2) is 5.96 Å². The van der Waals surface area contributed by atoms with Crippen molar-refractivity contribution < 1.29 is 44.1 Å². The van der Waals surface area contributed by atoms with Crippen LogP contribution in [0.5, 0.6) is 0 Å². The second-order valence-corrected chi connectivity index (χ2v) is 8.39. The number of carboxylic acid groups (broad SMARTS) is 3. The van der Waals surface area contributed by atoms with E-state index in [9.17, 15) is 33.9 Å². The van der Waals surface area contributed by atoms with Gasteiger partial charge in [-0.3, -0.25) is 29.0 Å². The zero-order valence-electron chi connectivity index (χ0n) is 20.8. The minimum atomic E-state index is -1.84. The number of nitrogens with one attached hydrogen (secondary N) is 4. The third-order valence-corrected chi connectivity index (χ3v) is 5.19. The van der Waals surface area contributed by atoms with Gasteiger partial charge in [-0.15, -0.1) is 0 Å². The fraction of sp³-hybridized carbons (Fsp3) is 0.524. The summed E-state index contributed by atoms with van der Waals surface area (Å²) in [6.07, 6.45) is 1.13. The van der Waals surface area contributed by atoms with Crippen LogP contribution in [-0.4, -0.2) is 97.6 Å². The van der Waals surface area contributed by atoms with Gasteiger partial charge in [-0.2, -0.15) is 0 Å². The number of amides is 3. The summed E-state index contributed by atoms with van der Waals surface area (Å²) in [5.41, 5.74) is 16.8. The molecule has 0 saturated heterocycles. The Bertz CT molecular complexity index is 1040. The van der Waals surface area contributed by atoms with Crippen molar-refractivity contribution in [2.45, 2.75) is 62.7 Å². The van der Waals surface area contributed by atoms with E-state index >= 15 is 0 Å². The molecule has 39 heavy (non-hydrogen) atoms. The van der Waals surface area contributed by atoms with Gasteiger partial charge < -0.3 is 53.5 Å².